The molecule has 2 aromatic rings. The second kappa shape index (κ2) is 6.29. The molecule has 0 unspecified atom stereocenters. The van der Waals surface area contributed by atoms with E-state index in [0.717, 1.165) is 5.69 Å². The fourth-order valence-corrected chi connectivity index (χ4v) is 2.84. The zero-order valence-corrected chi connectivity index (χ0v) is 12.8. The molecule has 2 aromatic heterocycles. The Bertz CT molecular complexity index is 759. The molecule has 23 heavy (non-hydrogen) atoms. The van der Waals surface area contributed by atoms with Gasteiger partial charge in [-0.25, -0.2) is 0 Å². The summed E-state index contributed by atoms with van der Waals surface area (Å²) < 4.78 is 0. The normalized spacial score (nSPS) is 20.7. The predicted octanol–water partition coefficient (Wildman–Crippen LogP) is 0.149. The molecule has 2 N–H and O–H groups in total. The van der Waals surface area contributed by atoms with E-state index in [9.17, 15) is 14.7 Å². The van der Waals surface area contributed by atoms with Crippen molar-refractivity contribution in [2.45, 2.75) is 19.4 Å². The quantitative estimate of drug-likeness (QED) is 0.840. The summed E-state index contributed by atoms with van der Waals surface area (Å²) in [6, 6.07) is 3.22. The lowest BCUT2D eigenvalue weighted by molar-refractivity contribution is 0.0763. The third kappa shape index (κ3) is 3.29. The van der Waals surface area contributed by atoms with Gasteiger partial charge in [0.15, 0.2) is 0 Å². The summed E-state index contributed by atoms with van der Waals surface area (Å²) in [6.07, 6.45) is 4.76. The third-order valence-corrected chi connectivity index (χ3v) is 4.07. The van der Waals surface area contributed by atoms with Gasteiger partial charge < -0.3 is 15.0 Å². The molecule has 2 atom stereocenters. The Kier molecular flexibility index (Phi) is 4.20. The second-order valence-corrected chi connectivity index (χ2v) is 5.82. The van der Waals surface area contributed by atoms with Crippen LogP contribution < -0.4 is 5.56 Å². The van der Waals surface area contributed by atoms with Crippen LogP contribution in [0.3, 0.4) is 0 Å². The Balaban J connectivity index is 1.73. The number of aryl methyl sites for hydroxylation is 1. The zero-order chi connectivity index (χ0) is 16.4. The topological polar surface area (TPSA) is 99.2 Å². The summed E-state index contributed by atoms with van der Waals surface area (Å²) in [5.74, 6) is -0.466. The maximum atomic E-state index is 12.5. The Labute approximate surface area is 133 Å². The van der Waals surface area contributed by atoms with Crippen LogP contribution in [-0.2, 0) is 6.42 Å². The molecular weight excluding hydrogens is 296 g/mol. The van der Waals surface area contributed by atoms with E-state index in [1.165, 1.54) is 11.0 Å². The van der Waals surface area contributed by atoms with Crippen LogP contribution in [0, 0.1) is 12.8 Å². The van der Waals surface area contributed by atoms with E-state index in [-0.39, 0.29) is 23.9 Å². The highest BCUT2D eigenvalue weighted by Gasteiger charge is 2.35. The number of amides is 1. The molecule has 3 rings (SSSR count). The Morgan fingerprint density at radius 3 is 2.91 bits per heavy atom. The van der Waals surface area contributed by atoms with Crippen LogP contribution in [0.25, 0.3) is 0 Å². The number of pyridine rings is 1. The highest BCUT2D eigenvalue weighted by molar-refractivity contribution is 5.94. The van der Waals surface area contributed by atoms with E-state index in [4.69, 9.17) is 0 Å². The third-order valence-electron chi connectivity index (χ3n) is 4.07. The van der Waals surface area contributed by atoms with E-state index in [2.05, 4.69) is 15.0 Å². The number of hydrogen-bond donors (Lipinski definition) is 2. The van der Waals surface area contributed by atoms with Crippen molar-refractivity contribution in [3.63, 3.8) is 0 Å². The van der Waals surface area contributed by atoms with Crippen molar-refractivity contribution in [1.82, 2.24) is 19.9 Å². The molecule has 0 radical (unpaired) electrons. The van der Waals surface area contributed by atoms with Crippen molar-refractivity contribution in [3.8, 4) is 0 Å². The summed E-state index contributed by atoms with van der Waals surface area (Å²) in [5.41, 5.74) is 1.18. The minimum atomic E-state index is -0.634. The van der Waals surface area contributed by atoms with Gasteiger partial charge in [0, 0.05) is 43.3 Å². The van der Waals surface area contributed by atoms with Gasteiger partial charge in [-0.05, 0) is 25.5 Å². The second-order valence-electron chi connectivity index (χ2n) is 5.82. The fourth-order valence-electron chi connectivity index (χ4n) is 2.84. The van der Waals surface area contributed by atoms with E-state index >= 15 is 0 Å². The van der Waals surface area contributed by atoms with Crippen LogP contribution in [0.1, 0.15) is 21.7 Å². The van der Waals surface area contributed by atoms with E-state index < -0.39 is 11.7 Å². The van der Waals surface area contributed by atoms with Gasteiger partial charge in [0.05, 0.1) is 11.8 Å². The number of nitrogens with one attached hydrogen (secondary N) is 1. The van der Waals surface area contributed by atoms with Crippen LogP contribution in [-0.4, -0.2) is 50.1 Å². The van der Waals surface area contributed by atoms with Crippen molar-refractivity contribution < 1.29 is 9.90 Å². The molecule has 0 spiro atoms. The largest absolute Gasteiger partial charge is 0.391 e. The standard InChI is InChI=1S/C16H18N4O3/c1-10-2-3-13(15(22)19-10)16(23)20-8-11(14(21)9-20)6-12-7-17-4-5-18-12/h2-5,7,11,14,21H,6,8-9H2,1H3,(H,19,22)/t11-,14-/m1/s1. The van der Waals surface area contributed by atoms with Crippen LogP contribution in [0.2, 0.25) is 0 Å². The molecule has 0 aliphatic carbocycles. The average Bonchev–Trinajstić information content (AvgIpc) is 2.89. The van der Waals surface area contributed by atoms with Crippen molar-refractivity contribution in [2.24, 2.45) is 5.92 Å². The van der Waals surface area contributed by atoms with Gasteiger partial charge in [-0.3, -0.25) is 19.6 Å². The SMILES string of the molecule is Cc1ccc(C(=O)N2C[C@@H](Cc3cnccn3)[C@H](O)C2)c(=O)[nH]1. The highest BCUT2D eigenvalue weighted by atomic mass is 16.3. The van der Waals surface area contributed by atoms with Crippen LogP contribution in [0.5, 0.6) is 0 Å². The average molecular weight is 314 g/mol. The number of carbonyl (C=O) groups is 1. The lowest BCUT2D eigenvalue weighted by atomic mass is 10.0. The molecule has 1 aliphatic rings. The number of aliphatic hydroxyl groups excluding tert-OH is 1. The maximum absolute atomic E-state index is 12.5. The minimum Gasteiger partial charge on any atom is -0.391 e. The van der Waals surface area contributed by atoms with Gasteiger partial charge in [0.1, 0.15) is 5.56 Å². The molecular formula is C16H18N4O3. The summed E-state index contributed by atoms with van der Waals surface area (Å²) in [6.45, 7) is 2.37. The lowest BCUT2D eigenvalue weighted by Gasteiger charge is -2.15. The van der Waals surface area contributed by atoms with Crippen LogP contribution in [0.4, 0.5) is 0 Å². The molecule has 0 aromatic carbocycles. The highest BCUT2D eigenvalue weighted by Crippen LogP contribution is 2.21. The number of rotatable bonds is 3. The van der Waals surface area contributed by atoms with Crippen molar-refractivity contribution in [3.05, 3.63) is 58.0 Å². The first-order valence-corrected chi connectivity index (χ1v) is 7.47. The minimum absolute atomic E-state index is 0.1000. The molecule has 1 aliphatic heterocycles. The maximum Gasteiger partial charge on any atom is 0.260 e. The number of aliphatic hydroxyl groups is 1. The Morgan fingerprint density at radius 1 is 1.39 bits per heavy atom. The van der Waals surface area contributed by atoms with Crippen molar-refractivity contribution in [1.29, 1.82) is 0 Å². The lowest BCUT2D eigenvalue weighted by Crippen LogP contribution is -2.33. The summed E-state index contributed by atoms with van der Waals surface area (Å²) in [4.78, 5) is 36.7. The smallest absolute Gasteiger partial charge is 0.260 e. The molecule has 0 saturated carbocycles. The molecule has 7 heteroatoms. The molecule has 1 saturated heterocycles. The van der Waals surface area contributed by atoms with E-state index in [1.807, 2.05) is 0 Å². The Morgan fingerprint density at radius 2 is 2.22 bits per heavy atom. The number of β-amino-alcohol motifs (C(OH)–C–C–N with tert-alkyl or cyclic N) is 1. The number of hydrogen-bond acceptors (Lipinski definition) is 5. The summed E-state index contributed by atoms with van der Waals surface area (Å²) in [5, 5.41) is 10.2. The number of carbonyl (C=O) groups excluding carboxylic acids is 1. The van der Waals surface area contributed by atoms with Crippen molar-refractivity contribution in [2.75, 3.05) is 13.1 Å². The zero-order valence-electron chi connectivity index (χ0n) is 12.8. The van der Waals surface area contributed by atoms with Gasteiger partial charge in [-0.2, -0.15) is 0 Å². The first kappa shape index (κ1) is 15.4. The van der Waals surface area contributed by atoms with Crippen LogP contribution in [0.15, 0.2) is 35.5 Å². The predicted molar refractivity (Wildman–Crippen MR) is 82.9 cm³/mol. The van der Waals surface area contributed by atoms with Gasteiger partial charge in [-0.15, -0.1) is 0 Å². The number of nitrogens with zero attached hydrogens (tertiary/aromatic N) is 3. The molecule has 0 bridgehead atoms. The number of aromatic nitrogens is 3. The van der Waals surface area contributed by atoms with Crippen LogP contribution >= 0.6 is 0 Å². The van der Waals surface area contributed by atoms with E-state index in [1.54, 1.807) is 31.6 Å². The first-order chi connectivity index (χ1) is 11.0. The fraction of sp³-hybridized carbons (Fsp3) is 0.375. The molecule has 1 fully saturated rings. The molecule has 7 nitrogen and oxygen atoms in total. The van der Waals surface area contributed by atoms with Gasteiger partial charge in [0.25, 0.3) is 11.5 Å². The van der Waals surface area contributed by atoms with Crippen molar-refractivity contribution >= 4 is 5.91 Å². The van der Waals surface area contributed by atoms with Gasteiger partial charge >= 0.3 is 0 Å². The van der Waals surface area contributed by atoms with Gasteiger partial charge in [0.2, 0.25) is 0 Å². The monoisotopic (exact) mass is 314 g/mol. The van der Waals surface area contributed by atoms with Gasteiger partial charge in [-0.1, -0.05) is 0 Å². The summed E-state index contributed by atoms with van der Waals surface area (Å²) >= 11 is 0. The Hall–Kier alpha value is -2.54. The summed E-state index contributed by atoms with van der Waals surface area (Å²) in [7, 11) is 0. The number of H-pyrrole nitrogens is 1. The first-order valence-electron chi connectivity index (χ1n) is 7.47. The number of aromatic amines is 1. The molecule has 1 amide bonds. The van der Waals surface area contributed by atoms with E-state index in [0.29, 0.717) is 18.7 Å². The number of likely N-dealkylation sites (tertiary alicyclic amines) is 1. The molecule has 120 valence electrons. The molecule has 3 heterocycles.